The molecule has 1 atom stereocenters. The number of piperazine rings is 1. The molecule has 4 heteroatoms. The van der Waals surface area contributed by atoms with Crippen LogP contribution in [0, 0.1) is 0 Å². The van der Waals surface area contributed by atoms with Crippen LogP contribution in [0.3, 0.4) is 0 Å². The molecule has 0 radical (unpaired) electrons. The van der Waals surface area contributed by atoms with Gasteiger partial charge < -0.3 is 10.2 Å². The Morgan fingerprint density at radius 3 is 2.42 bits per heavy atom. The van der Waals surface area contributed by atoms with Crippen molar-refractivity contribution >= 4 is 5.91 Å². The molecule has 1 amide bonds. The SMILES string of the molecule is CCCCN(CCCC)C(=O)CN1CCNC[C@H]1C. The average molecular weight is 269 g/mol. The van der Waals surface area contributed by atoms with Gasteiger partial charge in [-0.25, -0.2) is 0 Å². The predicted octanol–water partition coefficient (Wildman–Crippen LogP) is 1.71. The third-order valence-electron chi connectivity index (χ3n) is 3.89. The zero-order valence-electron chi connectivity index (χ0n) is 13.0. The van der Waals surface area contributed by atoms with E-state index < -0.39 is 0 Å². The molecule has 0 bridgehead atoms. The zero-order chi connectivity index (χ0) is 14.1. The summed E-state index contributed by atoms with van der Waals surface area (Å²) in [5.41, 5.74) is 0. The molecular formula is C15H31N3O. The Kier molecular flexibility index (Phi) is 8.07. The summed E-state index contributed by atoms with van der Waals surface area (Å²) in [6, 6.07) is 0.469. The van der Waals surface area contributed by atoms with Gasteiger partial charge in [-0.05, 0) is 19.8 Å². The molecule has 1 rings (SSSR count). The number of carbonyl (C=O) groups excluding carboxylic acids is 1. The Morgan fingerprint density at radius 1 is 1.26 bits per heavy atom. The van der Waals surface area contributed by atoms with Crippen molar-refractivity contribution in [3.63, 3.8) is 0 Å². The molecule has 0 aromatic carbocycles. The van der Waals surface area contributed by atoms with Gasteiger partial charge in [0, 0.05) is 38.8 Å². The van der Waals surface area contributed by atoms with Gasteiger partial charge in [-0.3, -0.25) is 9.69 Å². The Labute approximate surface area is 118 Å². The van der Waals surface area contributed by atoms with Gasteiger partial charge in [-0.15, -0.1) is 0 Å². The second-order valence-corrected chi connectivity index (χ2v) is 5.61. The lowest BCUT2D eigenvalue weighted by molar-refractivity contribution is -0.133. The summed E-state index contributed by atoms with van der Waals surface area (Å²) in [7, 11) is 0. The van der Waals surface area contributed by atoms with Crippen molar-refractivity contribution < 1.29 is 4.79 Å². The molecule has 1 saturated heterocycles. The maximum atomic E-state index is 12.4. The van der Waals surface area contributed by atoms with Gasteiger partial charge in [0.2, 0.25) is 5.91 Å². The summed E-state index contributed by atoms with van der Waals surface area (Å²) in [4.78, 5) is 16.8. The first-order valence-corrected chi connectivity index (χ1v) is 7.91. The normalized spacial score (nSPS) is 20.5. The average Bonchev–Trinajstić information content (AvgIpc) is 2.41. The topological polar surface area (TPSA) is 35.6 Å². The minimum atomic E-state index is 0.315. The smallest absolute Gasteiger partial charge is 0.236 e. The van der Waals surface area contributed by atoms with Crippen molar-refractivity contribution in [1.29, 1.82) is 0 Å². The van der Waals surface area contributed by atoms with E-state index in [1.165, 1.54) is 0 Å². The molecule has 4 nitrogen and oxygen atoms in total. The minimum Gasteiger partial charge on any atom is -0.342 e. The van der Waals surface area contributed by atoms with E-state index in [2.05, 4.69) is 35.9 Å². The fraction of sp³-hybridized carbons (Fsp3) is 0.933. The molecule has 0 aromatic heterocycles. The first kappa shape index (κ1) is 16.4. The summed E-state index contributed by atoms with van der Waals surface area (Å²) in [5.74, 6) is 0.315. The van der Waals surface area contributed by atoms with Crippen LogP contribution in [0.5, 0.6) is 0 Å². The molecule has 0 aliphatic carbocycles. The summed E-state index contributed by atoms with van der Waals surface area (Å²) in [6.07, 6.45) is 4.54. The standard InChI is InChI=1S/C15H31N3O/c1-4-6-9-17(10-7-5-2)15(19)13-18-11-8-16-12-14(18)3/h14,16H,4-13H2,1-3H3/t14-/m1/s1. The lowest BCUT2D eigenvalue weighted by atomic mass is 10.2. The van der Waals surface area contributed by atoms with Crippen molar-refractivity contribution in [2.75, 3.05) is 39.3 Å². The maximum absolute atomic E-state index is 12.4. The van der Waals surface area contributed by atoms with Crippen LogP contribution in [0.25, 0.3) is 0 Å². The fourth-order valence-corrected chi connectivity index (χ4v) is 2.45. The van der Waals surface area contributed by atoms with Crippen LogP contribution in [0.1, 0.15) is 46.5 Å². The van der Waals surface area contributed by atoms with E-state index in [0.717, 1.165) is 58.4 Å². The Morgan fingerprint density at radius 2 is 1.89 bits per heavy atom. The van der Waals surface area contributed by atoms with Crippen LogP contribution < -0.4 is 5.32 Å². The molecule has 1 heterocycles. The minimum absolute atomic E-state index is 0.315. The third kappa shape index (κ3) is 5.91. The van der Waals surface area contributed by atoms with Crippen LogP contribution in [0.2, 0.25) is 0 Å². The van der Waals surface area contributed by atoms with E-state index in [-0.39, 0.29) is 0 Å². The number of rotatable bonds is 8. The molecule has 1 N–H and O–H groups in total. The van der Waals surface area contributed by atoms with Gasteiger partial charge in [-0.2, -0.15) is 0 Å². The Bertz CT molecular complexity index is 250. The highest BCUT2D eigenvalue weighted by Crippen LogP contribution is 2.06. The third-order valence-corrected chi connectivity index (χ3v) is 3.89. The van der Waals surface area contributed by atoms with Crippen LogP contribution in [-0.4, -0.2) is 61.0 Å². The van der Waals surface area contributed by atoms with Crippen molar-refractivity contribution in [3.05, 3.63) is 0 Å². The molecule has 1 aliphatic heterocycles. The van der Waals surface area contributed by atoms with Crippen LogP contribution >= 0.6 is 0 Å². The van der Waals surface area contributed by atoms with E-state index in [1.54, 1.807) is 0 Å². The molecule has 0 aromatic rings. The molecule has 1 fully saturated rings. The largest absolute Gasteiger partial charge is 0.342 e. The van der Waals surface area contributed by atoms with E-state index in [9.17, 15) is 4.79 Å². The van der Waals surface area contributed by atoms with Gasteiger partial charge in [0.05, 0.1) is 6.54 Å². The lowest BCUT2D eigenvalue weighted by Crippen LogP contribution is -2.53. The number of nitrogens with zero attached hydrogens (tertiary/aromatic N) is 2. The predicted molar refractivity (Wildman–Crippen MR) is 80.3 cm³/mol. The van der Waals surface area contributed by atoms with Crippen LogP contribution in [0.4, 0.5) is 0 Å². The van der Waals surface area contributed by atoms with Crippen molar-refractivity contribution in [3.8, 4) is 0 Å². The summed E-state index contributed by atoms with van der Waals surface area (Å²) < 4.78 is 0. The zero-order valence-corrected chi connectivity index (χ0v) is 13.0. The fourth-order valence-electron chi connectivity index (χ4n) is 2.45. The highest BCUT2D eigenvalue weighted by atomic mass is 16.2. The number of carbonyl (C=O) groups is 1. The Hall–Kier alpha value is -0.610. The van der Waals surface area contributed by atoms with Gasteiger partial charge in [0.15, 0.2) is 0 Å². The second-order valence-electron chi connectivity index (χ2n) is 5.61. The molecule has 112 valence electrons. The lowest BCUT2D eigenvalue weighted by Gasteiger charge is -2.35. The number of hydrogen-bond donors (Lipinski definition) is 1. The number of hydrogen-bond acceptors (Lipinski definition) is 3. The quantitative estimate of drug-likeness (QED) is 0.728. The van der Waals surface area contributed by atoms with E-state index in [4.69, 9.17) is 0 Å². The highest BCUT2D eigenvalue weighted by Gasteiger charge is 2.22. The molecule has 19 heavy (non-hydrogen) atoms. The highest BCUT2D eigenvalue weighted by molar-refractivity contribution is 5.78. The van der Waals surface area contributed by atoms with Crippen LogP contribution in [0.15, 0.2) is 0 Å². The van der Waals surface area contributed by atoms with Gasteiger partial charge in [-0.1, -0.05) is 26.7 Å². The maximum Gasteiger partial charge on any atom is 0.236 e. The molecular weight excluding hydrogens is 238 g/mol. The van der Waals surface area contributed by atoms with E-state index >= 15 is 0 Å². The summed E-state index contributed by atoms with van der Waals surface area (Å²) in [5, 5.41) is 3.37. The molecule has 0 saturated carbocycles. The van der Waals surface area contributed by atoms with Crippen molar-refractivity contribution in [2.24, 2.45) is 0 Å². The van der Waals surface area contributed by atoms with Gasteiger partial charge in [0.25, 0.3) is 0 Å². The van der Waals surface area contributed by atoms with Crippen LogP contribution in [-0.2, 0) is 4.79 Å². The monoisotopic (exact) mass is 269 g/mol. The molecule has 0 unspecified atom stereocenters. The van der Waals surface area contributed by atoms with Crippen molar-refractivity contribution in [1.82, 2.24) is 15.1 Å². The number of unbranched alkanes of at least 4 members (excludes halogenated alkanes) is 2. The first-order valence-electron chi connectivity index (χ1n) is 7.91. The van der Waals surface area contributed by atoms with Gasteiger partial charge in [0.1, 0.15) is 0 Å². The number of amides is 1. The Balaban J connectivity index is 2.44. The van der Waals surface area contributed by atoms with E-state index in [1.807, 2.05) is 0 Å². The molecule has 1 aliphatic rings. The second kappa shape index (κ2) is 9.32. The van der Waals surface area contributed by atoms with E-state index in [0.29, 0.717) is 18.5 Å². The summed E-state index contributed by atoms with van der Waals surface area (Å²) >= 11 is 0. The van der Waals surface area contributed by atoms with Crippen molar-refractivity contribution in [2.45, 2.75) is 52.5 Å². The number of nitrogens with one attached hydrogen (secondary N) is 1. The van der Waals surface area contributed by atoms with Gasteiger partial charge >= 0.3 is 0 Å². The molecule has 0 spiro atoms. The first-order chi connectivity index (χ1) is 9.19. The summed E-state index contributed by atoms with van der Waals surface area (Å²) in [6.45, 7) is 12.0.